The zero-order valence-electron chi connectivity index (χ0n) is 11.4. The number of nitrogens with two attached hydrogens (primary N) is 1. The number of carbonyl (C=O) groups is 2. The predicted octanol–water partition coefficient (Wildman–Crippen LogP) is 0.394. The molecule has 0 saturated heterocycles. The first-order valence-electron chi connectivity index (χ1n) is 5.74. The summed E-state index contributed by atoms with van der Waals surface area (Å²) in [4.78, 5) is 21.9. The van der Waals surface area contributed by atoms with Crippen molar-refractivity contribution < 1.29 is 27.9 Å². The minimum atomic E-state index is -4.21. The second kappa shape index (κ2) is 6.31. The molecule has 0 fully saturated rings. The molecular weight excluding hydrogens is 302 g/mol. The Kier molecular flexibility index (Phi) is 4.97. The van der Waals surface area contributed by atoms with Crippen molar-refractivity contribution in [3.63, 3.8) is 0 Å². The van der Waals surface area contributed by atoms with Crippen molar-refractivity contribution >= 4 is 33.6 Å². The SMILES string of the molecule is CCN(c1ccc(C(=O)O)cc1N)S(=O)(=O)NC(=O)OC. The van der Waals surface area contributed by atoms with Gasteiger partial charge in [-0.05, 0) is 25.1 Å². The summed E-state index contributed by atoms with van der Waals surface area (Å²) in [5, 5.41) is 8.85. The summed E-state index contributed by atoms with van der Waals surface area (Å²) in [5.41, 5.74) is 5.61. The van der Waals surface area contributed by atoms with Gasteiger partial charge in [0.15, 0.2) is 0 Å². The number of aromatic carboxylic acids is 1. The summed E-state index contributed by atoms with van der Waals surface area (Å²) in [6.07, 6.45) is -1.14. The van der Waals surface area contributed by atoms with E-state index in [1.165, 1.54) is 19.1 Å². The molecule has 116 valence electrons. The topological polar surface area (TPSA) is 139 Å². The third-order valence-corrected chi connectivity index (χ3v) is 3.98. The number of carboxylic acids is 1. The van der Waals surface area contributed by atoms with Crippen LogP contribution in [-0.4, -0.2) is 39.2 Å². The molecule has 0 aliphatic heterocycles. The average molecular weight is 317 g/mol. The van der Waals surface area contributed by atoms with Gasteiger partial charge in [-0.1, -0.05) is 0 Å². The summed E-state index contributed by atoms with van der Waals surface area (Å²) in [6.45, 7) is 1.50. The number of ether oxygens (including phenoxy) is 1. The molecule has 21 heavy (non-hydrogen) atoms. The molecular formula is C11H15N3O6S. The zero-order valence-corrected chi connectivity index (χ0v) is 12.2. The van der Waals surface area contributed by atoms with E-state index in [2.05, 4.69) is 4.74 Å². The van der Waals surface area contributed by atoms with Crippen LogP contribution < -0.4 is 14.8 Å². The number of carboxylic acid groups (broad SMARTS) is 1. The molecule has 0 atom stereocenters. The van der Waals surface area contributed by atoms with E-state index < -0.39 is 22.3 Å². The Balaban J connectivity index is 3.22. The first-order chi connectivity index (χ1) is 9.72. The van der Waals surface area contributed by atoms with Gasteiger partial charge in [0.05, 0.1) is 24.0 Å². The van der Waals surface area contributed by atoms with Crippen molar-refractivity contribution in [1.82, 2.24) is 4.72 Å². The Labute approximate surface area is 121 Å². The Hall–Kier alpha value is -2.49. The Bertz CT molecular complexity index is 658. The molecule has 9 nitrogen and oxygen atoms in total. The molecule has 0 radical (unpaired) electrons. The maximum Gasteiger partial charge on any atom is 0.422 e. The van der Waals surface area contributed by atoms with Gasteiger partial charge in [0.2, 0.25) is 0 Å². The van der Waals surface area contributed by atoms with E-state index >= 15 is 0 Å². The van der Waals surface area contributed by atoms with E-state index in [0.717, 1.165) is 17.5 Å². The number of benzene rings is 1. The number of nitrogens with zero attached hydrogens (tertiary/aromatic N) is 1. The Morgan fingerprint density at radius 1 is 1.43 bits per heavy atom. The van der Waals surface area contributed by atoms with Crippen LogP contribution in [0.25, 0.3) is 0 Å². The number of hydrogen-bond donors (Lipinski definition) is 3. The molecule has 4 N–H and O–H groups in total. The highest BCUT2D eigenvalue weighted by atomic mass is 32.2. The second-order valence-electron chi connectivity index (χ2n) is 3.84. The van der Waals surface area contributed by atoms with E-state index in [0.29, 0.717) is 0 Å². The maximum atomic E-state index is 12.0. The Morgan fingerprint density at radius 3 is 2.48 bits per heavy atom. The monoisotopic (exact) mass is 317 g/mol. The van der Waals surface area contributed by atoms with Crippen LogP contribution >= 0.6 is 0 Å². The highest BCUT2D eigenvalue weighted by molar-refractivity contribution is 7.91. The number of amides is 1. The first-order valence-corrected chi connectivity index (χ1v) is 7.18. The third kappa shape index (κ3) is 3.75. The van der Waals surface area contributed by atoms with Crippen LogP contribution in [0.2, 0.25) is 0 Å². The molecule has 0 aliphatic carbocycles. The molecule has 1 aromatic rings. The number of methoxy groups -OCH3 is 1. The first kappa shape index (κ1) is 16.6. The molecule has 1 aromatic carbocycles. The summed E-state index contributed by atoms with van der Waals surface area (Å²) >= 11 is 0. The highest BCUT2D eigenvalue weighted by Crippen LogP contribution is 2.26. The third-order valence-electron chi connectivity index (χ3n) is 2.52. The lowest BCUT2D eigenvalue weighted by Crippen LogP contribution is -2.43. The van der Waals surface area contributed by atoms with Crippen molar-refractivity contribution in [2.75, 3.05) is 23.7 Å². The van der Waals surface area contributed by atoms with Gasteiger partial charge in [-0.15, -0.1) is 0 Å². The molecule has 10 heteroatoms. The van der Waals surface area contributed by atoms with E-state index in [-0.39, 0.29) is 23.5 Å². The number of nitrogens with one attached hydrogen (secondary N) is 1. The van der Waals surface area contributed by atoms with Crippen molar-refractivity contribution in [3.8, 4) is 0 Å². The summed E-state index contributed by atoms with van der Waals surface area (Å²) < 4.78 is 30.8. The van der Waals surface area contributed by atoms with E-state index in [4.69, 9.17) is 10.8 Å². The number of nitrogen functional groups attached to an aromatic ring is 1. The number of anilines is 2. The van der Waals surface area contributed by atoms with Gasteiger partial charge in [0, 0.05) is 6.54 Å². The molecule has 0 aromatic heterocycles. The molecule has 1 rings (SSSR count). The van der Waals surface area contributed by atoms with Crippen LogP contribution in [0.15, 0.2) is 18.2 Å². The van der Waals surface area contributed by atoms with Gasteiger partial charge >= 0.3 is 22.3 Å². The molecule has 0 saturated carbocycles. The van der Waals surface area contributed by atoms with Gasteiger partial charge < -0.3 is 15.6 Å². The fraction of sp³-hybridized carbons (Fsp3) is 0.273. The number of rotatable bonds is 5. The summed E-state index contributed by atoms with van der Waals surface area (Å²) in [7, 11) is -3.19. The largest absolute Gasteiger partial charge is 0.478 e. The van der Waals surface area contributed by atoms with Gasteiger partial charge in [-0.2, -0.15) is 8.42 Å². The van der Waals surface area contributed by atoms with Crippen molar-refractivity contribution in [2.45, 2.75) is 6.92 Å². The van der Waals surface area contributed by atoms with Crippen LogP contribution in [0.5, 0.6) is 0 Å². The quantitative estimate of drug-likeness (QED) is 0.667. The van der Waals surface area contributed by atoms with Gasteiger partial charge in [0.1, 0.15) is 0 Å². The molecule has 0 aliphatic rings. The minimum Gasteiger partial charge on any atom is -0.478 e. The zero-order chi connectivity index (χ0) is 16.2. The van der Waals surface area contributed by atoms with Gasteiger partial charge in [0.25, 0.3) is 0 Å². The average Bonchev–Trinajstić information content (AvgIpc) is 2.40. The van der Waals surface area contributed by atoms with Gasteiger partial charge in [-0.25, -0.2) is 14.3 Å². The molecule has 0 bridgehead atoms. The second-order valence-corrected chi connectivity index (χ2v) is 5.44. The van der Waals surface area contributed by atoms with Crippen molar-refractivity contribution in [3.05, 3.63) is 23.8 Å². The van der Waals surface area contributed by atoms with E-state index in [1.54, 1.807) is 4.72 Å². The lowest BCUT2D eigenvalue weighted by atomic mass is 10.2. The number of hydrogen-bond acceptors (Lipinski definition) is 6. The van der Waals surface area contributed by atoms with Crippen LogP contribution in [0.1, 0.15) is 17.3 Å². The lowest BCUT2D eigenvalue weighted by Gasteiger charge is -2.23. The summed E-state index contributed by atoms with van der Waals surface area (Å²) in [5.74, 6) is -1.19. The Morgan fingerprint density at radius 2 is 2.05 bits per heavy atom. The molecule has 1 amide bonds. The maximum absolute atomic E-state index is 12.0. The molecule has 0 unspecified atom stereocenters. The van der Waals surface area contributed by atoms with Crippen molar-refractivity contribution in [1.29, 1.82) is 0 Å². The summed E-state index contributed by atoms with van der Waals surface area (Å²) in [6, 6.07) is 3.59. The van der Waals surface area contributed by atoms with Crippen LogP contribution in [-0.2, 0) is 14.9 Å². The standard InChI is InChI=1S/C11H15N3O6S/c1-3-14(21(18,19)13-11(17)20-2)9-5-4-7(10(15)16)6-8(9)12/h4-6H,3,12H2,1-2H3,(H,13,17)(H,15,16). The van der Waals surface area contributed by atoms with E-state index in [9.17, 15) is 18.0 Å². The predicted molar refractivity (Wildman–Crippen MR) is 75.3 cm³/mol. The molecule has 0 spiro atoms. The smallest absolute Gasteiger partial charge is 0.422 e. The van der Waals surface area contributed by atoms with Crippen LogP contribution in [0.4, 0.5) is 16.2 Å². The minimum absolute atomic E-state index is 0.0249. The van der Waals surface area contributed by atoms with Crippen LogP contribution in [0, 0.1) is 0 Å². The van der Waals surface area contributed by atoms with Crippen molar-refractivity contribution in [2.24, 2.45) is 0 Å². The normalized spacial score (nSPS) is 10.8. The van der Waals surface area contributed by atoms with Gasteiger partial charge in [-0.3, -0.25) is 4.31 Å². The fourth-order valence-corrected chi connectivity index (χ4v) is 2.76. The van der Waals surface area contributed by atoms with E-state index in [1.807, 2.05) is 0 Å². The highest BCUT2D eigenvalue weighted by Gasteiger charge is 2.25. The lowest BCUT2D eigenvalue weighted by molar-refractivity contribution is 0.0697. The number of carbonyl (C=O) groups excluding carboxylic acids is 1. The van der Waals surface area contributed by atoms with Crippen LogP contribution in [0.3, 0.4) is 0 Å². The molecule has 0 heterocycles. The fourth-order valence-electron chi connectivity index (χ4n) is 1.59.